The summed E-state index contributed by atoms with van der Waals surface area (Å²) >= 11 is 1.41. The molecule has 0 aliphatic heterocycles. The van der Waals surface area contributed by atoms with E-state index in [1.807, 2.05) is 36.6 Å². The zero-order chi connectivity index (χ0) is 21.1. The first kappa shape index (κ1) is 20.1. The standard InChI is InChI=1S/C25H24N2O2S/c1-16(2)19-12-11-17(3)13-23(19)29-14-24(28)27-25-26-22(15-30-25)21-10-6-8-18-7-4-5-9-20(18)21/h4-13,15-16H,14H2,1-3H3,(H,26,27,28). The van der Waals surface area contributed by atoms with Gasteiger partial charge in [0.15, 0.2) is 11.7 Å². The van der Waals surface area contributed by atoms with E-state index >= 15 is 0 Å². The highest BCUT2D eigenvalue weighted by Gasteiger charge is 2.13. The Bertz CT molecular complexity index is 1190. The van der Waals surface area contributed by atoms with Crippen LogP contribution in [0.5, 0.6) is 5.75 Å². The smallest absolute Gasteiger partial charge is 0.264 e. The lowest BCUT2D eigenvalue weighted by molar-refractivity contribution is -0.118. The molecule has 1 N–H and O–H groups in total. The van der Waals surface area contributed by atoms with Crippen molar-refractivity contribution in [3.8, 4) is 17.0 Å². The molecular weight excluding hydrogens is 392 g/mol. The number of hydrogen-bond donors (Lipinski definition) is 1. The molecule has 0 aliphatic carbocycles. The van der Waals surface area contributed by atoms with Gasteiger partial charge in [0, 0.05) is 10.9 Å². The lowest BCUT2D eigenvalue weighted by Gasteiger charge is -2.14. The molecule has 0 aliphatic rings. The van der Waals surface area contributed by atoms with Crippen LogP contribution in [-0.2, 0) is 4.79 Å². The van der Waals surface area contributed by atoms with Crippen molar-refractivity contribution in [2.45, 2.75) is 26.7 Å². The van der Waals surface area contributed by atoms with Crippen LogP contribution < -0.4 is 10.1 Å². The van der Waals surface area contributed by atoms with Crippen LogP contribution in [-0.4, -0.2) is 17.5 Å². The van der Waals surface area contributed by atoms with Crippen LogP contribution in [0, 0.1) is 6.92 Å². The normalized spacial score (nSPS) is 11.1. The number of amides is 1. The molecule has 1 heterocycles. The van der Waals surface area contributed by atoms with Crippen molar-refractivity contribution in [2.24, 2.45) is 0 Å². The average Bonchev–Trinajstić information content (AvgIpc) is 3.19. The van der Waals surface area contributed by atoms with Crippen LogP contribution in [0.15, 0.2) is 66.0 Å². The monoisotopic (exact) mass is 416 g/mol. The van der Waals surface area contributed by atoms with Gasteiger partial charge in [-0.3, -0.25) is 10.1 Å². The molecule has 152 valence electrons. The van der Waals surface area contributed by atoms with Crippen molar-refractivity contribution in [1.82, 2.24) is 4.98 Å². The highest BCUT2D eigenvalue weighted by molar-refractivity contribution is 7.14. The van der Waals surface area contributed by atoms with Crippen molar-refractivity contribution in [3.63, 3.8) is 0 Å². The Morgan fingerprint density at radius 3 is 2.73 bits per heavy atom. The first-order valence-electron chi connectivity index (χ1n) is 9.98. The van der Waals surface area contributed by atoms with Crippen molar-refractivity contribution in [2.75, 3.05) is 11.9 Å². The maximum Gasteiger partial charge on any atom is 0.264 e. The zero-order valence-corrected chi connectivity index (χ0v) is 18.1. The molecular formula is C25H24N2O2S. The number of benzene rings is 3. The van der Waals surface area contributed by atoms with Crippen molar-refractivity contribution < 1.29 is 9.53 Å². The number of nitrogens with zero attached hydrogens (tertiary/aromatic N) is 1. The van der Waals surface area contributed by atoms with Gasteiger partial charge in [0.2, 0.25) is 0 Å². The molecule has 4 rings (SSSR count). The number of carbonyl (C=O) groups excluding carboxylic acids is 1. The second kappa shape index (κ2) is 8.67. The summed E-state index contributed by atoms with van der Waals surface area (Å²) in [6, 6.07) is 20.5. The predicted octanol–water partition coefficient (Wildman–Crippen LogP) is 6.41. The summed E-state index contributed by atoms with van der Waals surface area (Å²) in [4.78, 5) is 17.1. The van der Waals surface area contributed by atoms with Gasteiger partial charge < -0.3 is 4.74 Å². The van der Waals surface area contributed by atoms with Crippen molar-refractivity contribution in [3.05, 3.63) is 77.2 Å². The maximum atomic E-state index is 12.4. The lowest BCUT2D eigenvalue weighted by atomic mass is 10.0. The fourth-order valence-corrected chi connectivity index (χ4v) is 4.17. The van der Waals surface area contributed by atoms with Crippen LogP contribution in [0.4, 0.5) is 5.13 Å². The maximum absolute atomic E-state index is 12.4. The molecule has 3 aromatic carbocycles. The highest BCUT2D eigenvalue weighted by atomic mass is 32.1. The van der Waals surface area contributed by atoms with Gasteiger partial charge in [-0.1, -0.05) is 68.4 Å². The Morgan fingerprint density at radius 1 is 1.10 bits per heavy atom. The second-order valence-corrected chi connectivity index (χ2v) is 8.46. The quantitative estimate of drug-likeness (QED) is 0.395. The number of nitrogens with one attached hydrogen (secondary N) is 1. The Hall–Kier alpha value is -3.18. The summed E-state index contributed by atoms with van der Waals surface area (Å²) < 4.78 is 5.83. The number of hydrogen-bond acceptors (Lipinski definition) is 4. The molecule has 0 saturated carbocycles. The average molecular weight is 417 g/mol. The molecule has 0 spiro atoms. The summed E-state index contributed by atoms with van der Waals surface area (Å²) in [5.74, 6) is 0.867. The fraction of sp³-hybridized carbons (Fsp3) is 0.200. The van der Waals surface area contributed by atoms with Gasteiger partial charge >= 0.3 is 0 Å². The molecule has 5 heteroatoms. The van der Waals surface area contributed by atoms with Gasteiger partial charge in [-0.2, -0.15) is 0 Å². The number of aromatic nitrogens is 1. The van der Waals surface area contributed by atoms with Crippen molar-refractivity contribution in [1.29, 1.82) is 0 Å². The van der Waals surface area contributed by atoms with Gasteiger partial charge in [-0.05, 0) is 40.8 Å². The third-order valence-corrected chi connectivity index (χ3v) is 5.72. The van der Waals surface area contributed by atoms with Crippen molar-refractivity contribution >= 4 is 33.1 Å². The van der Waals surface area contributed by atoms with Crippen LogP contribution in [0.3, 0.4) is 0 Å². The first-order chi connectivity index (χ1) is 14.5. The summed E-state index contributed by atoms with van der Waals surface area (Å²) in [5, 5.41) is 7.71. The number of fused-ring (bicyclic) bond motifs is 1. The van der Waals surface area contributed by atoms with E-state index in [4.69, 9.17) is 4.74 Å². The van der Waals surface area contributed by atoms with Gasteiger partial charge in [-0.25, -0.2) is 4.98 Å². The zero-order valence-electron chi connectivity index (χ0n) is 17.3. The summed E-state index contributed by atoms with van der Waals surface area (Å²) in [7, 11) is 0. The third kappa shape index (κ3) is 4.36. The minimum atomic E-state index is -0.218. The summed E-state index contributed by atoms with van der Waals surface area (Å²) in [6.07, 6.45) is 0. The molecule has 0 atom stereocenters. The topological polar surface area (TPSA) is 51.2 Å². The second-order valence-electron chi connectivity index (χ2n) is 7.60. The molecule has 0 radical (unpaired) electrons. The molecule has 0 bridgehead atoms. The Morgan fingerprint density at radius 2 is 1.90 bits per heavy atom. The van der Waals surface area contributed by atoms with E-state index in [0.717, 1.165) is 33.5 Å². The highest BCUT2D eigenvalue weighted by Crippen LogP contribution is 2.31. The molecule has 0 fully saturated rings. The van der Waals surface area contributed by atoms with Crippen LogP contribution in [0.2, 0.25) is 0 Å². The Kier molecular flexibility index (Phi) is 5.81. The lowest BCUT2D eigenvalue weighted by Crippen LogP contribution is -2.20. The number of ether oxygens (including phenoxy) is 1. The van der Waals surface area contributed by atoms with Crippen LogP contribution in [0.1, 0.15) is 30.9 Å². The Balaban J connectivity index is 1.46. The van der Waals surface area contributed by atoms with E-state index in [-0.39, 0.29) is 12.5 Å². The van der Waals surface area contributed by atoms with E-state index < -0.39 is 0 Å². The molecule has 4 nitrogen and oxygen atoms in total. The summed E-state index contributed by atoms with van der Waals surface area (Å²) in [6.45, 7) is 6.19. The van der Waals surface area contributed by atoms with E-state index in [1.165, 1.54) is 16.7 Å². The molecule has 0 unspecified atom stereocenters. The third-order valence-electron chi connectivity index (χ3n) is 4.97. The van der Waals surface area contributed by atoms with Crippen LogP contribution >= 0.6 is 11.3 Å². The number of thiazole rings is 1. The van der Waals surface area contributed by atoms with Gasteiger partial charge in [0.05, 0.1) is 5.69 Å². The predicted molar refractivity (Wildman–Crippen MR) is 124 cm³/mol. The van der Waals surface area contributed by atoms with Gasteiger partial charge in [-0.15, -0.1) is 11.3 Å². The minimum absolute atomic E-state index is 0.0493. The van der Waals surface area contributed by atoms with E-state index in [1.54, 1.807) is 0 Å². The number of carbonyl (C=O) groups is 1. The number of rotatable bonds is 6. The molecule has 0 saturated heterocycles. The fourth-order valence-electron chi connectivity index (χ4n) is 3.45. The van der Waals surface area contributed by atoms with E-state index in [2.05, 4.69) is 60.5 Å². The SMILES string of the molecule is Cc1ccc(C(C)C)c(OCC(=O)Nc2nc(-c3cccc4ccccc34)cs2)c1. The first-order valence-corrected chi connectivity index (χ1v) is 10.9. The van der Waals surface area contributed by atoms with Crippen LogP contribution in [0.25, 0.3) is 22.0 Å². The largest absolute Gasteiger partial charge is 0.483 e. The minimum Gasteiger partial charge on any atom is -0.483 e. The number of anilines is 1. The molecule has 4 aromatic rings. The molecule has 1 amide bonds. The number of aryl methyl sites for hydroxylation is 1. The molecule has 1 aromatic heterocycles. The van der Waals surface area contributed by atoms with E-state index in [9.17, 15) is 4.79 Å². The Labute approximate surface area is 180 Å². The van der Waals surface area contributed by atoms with Gasteiger partial charge in [0.1, 0.15) is 5.75 Å². The molecule has 30 heavy (non-hydrogen) atoms. The van der Waals surface area contributed by atoms with Gasteiger partial charge in [0.25, 0.3) is 5.91 Å². The van der Waals surface area contributed by atoms with E-state index in [0.29, 0.717) is 11.0 Å². The summed E-state index contributed by atoms with van der Waals surface area (Å²) in [5.41, 5.74) is 4.12.